The minimum Gasteiger partial charge on any atom is -0.465 e. The summed E-state index contributed by atoms with van der Waals surface area (Å²) < 4.78 is 23.2. The molecule has 11 heteroatoms. The third kappa shape index (κ3) is 4.22. The molecule has 2 saturated heterocycles. The quantitative estimate of drug-likeness (QED) is 0.620. The lowest BCUT2D eigenvalue weighted by Crippen LogP contribution is -2.48. The number of fused-ring (bicyclic) bond motifs is 1. The molecule has 1 unspecified atom stereocenters. The third-order valence-corrected chi connectivity index (χ3v) is 7.63. The fourth-order valence-corrected chi connectivity index (χ4v) is 5.66. The number of nitrogens with zero attached hydrogens (tertiary/aromatic N) is 3. The maximum absolute atomic E-state index is 14.3. The Hall–Kier alpha value is -3.21. The third-order valence-electron chi connectivity index (χ3n) is 7.63. The van der Waals surface area contributed by atoms with E-state index in [2.05, 4.69) is 5.32 Å². The van der Waals surface area contributed by atoms with Crippen LogP contribution in [0.15, 0.2) is 23.0 Å². The first-order valence-corrected chi connectivity index (χ1v) is 12.0. The van der Waals surface area contributed by atoms with E-state index in [9.17, 15) is 23.6 Å². The number of benzene rings is 1. The Balaban J connectivity index is 1.27. The van der Waals surface area contributed by atoms with E-state index >= 15 is 0 Å². The van der Waals surface area contributed by atoms with Crippen molar-refractivity contribution in [3.05, 3.63) is 34.2 Å². The summed E-state index contributed by atoms with van der Waals surface area (Å²) in [6, 6.07) is 4.99. The predicted molar refractivity (Wildman–Crippen MR) is 123 cm³/mol. The lowest BCUT2D eigenvalue weighted by Gasteiger charge is -2.38. The summed E-state index contributed by atoms with van der Waals surface area (Å²) >= 11 is 0. The number of likely N-dealkylation sites (tertiary alicyclic amines) is 1. The summed E-state index contributed by atoms with van der Waals surface area (Å²) in [7, 11) is 1.70. The lowest BCUT2D eigenvalue weighted by molar-refractivity contribution is -0.135. The summed E-state index contributed by atoms with van der Waals surface area (Å²) in [6.07, 6.45) is -0.524. The van der Waals surface area contributed by atoms with E-state index < -0.39 is 30.3 Å². The zero-order valence-corrected chi connectivity index (χ0v) is 19.5. The van der Waals surface area contributed by atoms with Crippen molar-refractivity contribution in [1.29, 1.82) is 0 Å². The number of aromatic nitrogens is 2. The number of imidazole rings is 1. The normalized spacial score (nSPS) is 29.2. The second kappa shape index (κ2) is 9.10. The van der Waals surface area contributed by atoms with Crippen molar-refractivity contribution in [3.63, 3.8) is 0 Å². The molecular weight excluding hydrogens is 459 g/mol. The first kappa shape index (κ1) is 23.5. The van der Waals surface area contributed by atoms with Crippen molar-refractivity contribution < 1.29 is 28.6 Å². The van der Waals surface area contributed by atoms with Crippen molar-refractivity contribution >= 4 is 28.9 Å². The van der Waals surface area contributed by atoms with E-state index in [4.69, 9.17) is 9.84 Å². The van der Waals surface area contributed by atoms with E-state index in [1.54, 1.807) is 11.6 Å². The number of alkyl halides is 1. The number of carbonyl (C=O) groups excluding carboxylic acids is 2. The number of carboxylic acid groups (broad SMARTS) is 1. The van der Waals surface area contributed by atoms with Gasteiger partial charge in [0, 0.05) is 26.6 Å². The fourth-order valence-electron chi connectivity index (χ4n) is 5.66. The number of aryl methyl sites for hydroxylation is 1. The molecule has 2 aromatic rings. The topological polar surface area (TPSA) is 123 Å². The molecule has 3 aliphatic rings. The molecule has 1 aromatic heterocycles. The largest absolute Gasteiger partial charge is 0.465 e. The van der Waals surface area contributed by atoms with Gasteiger partial charge in [0.25, 0.3) is 0 Å². The minimum absolute atomic E-state index is 0.159. The van der Waals surface area contributed by atoms with Crippen LogP contribution in [0.4, 0.5) is 9.18 Å². The van der Waals surface area contributed by atoms with Gasteiger partial charge in [0.05, 0.1) is 23.7 Å². The average Bonchev–Trinajstić information content (AvgIpc) is 3.04. The number of amides is 3. The van der Waals surface area contributed by atoms with Crippen molar-refractivity contribution in [3.8, 4) is 0 Å². The van der Waals surface area contributed by atoms with Crippen LogP contribution in [0.1, 0.15) is 49.6 Å². The molecule has 0 bridgehead atoms. The Morgan fingerprint density at radius 3 is 2.69 bits per heavy atom. The molecule has 0 spiro atoms. The van der Waals surface area contributed by atoms with Crippen LogP contribution in [0, 0.1) is 5.92 Å². The number of piperidine rings is 2. The minimum atomic E-state index is -1.33. The number of imide groups is 1. The van der Waals surface area contributed by atoms with Gasteiger partial charge in [0.1, 0.15) is 12.2 Å². The van der Waals surface area contributed by atoms with Crippen LogP contribution in [0.2, 0.25) is 0 Å². The van der Waals surface area contributed by atoms with E-state index in [0.717, 1.165) is 28.8 Å². The van der Waals surface area contributed by atoms with Gasteiger partial charge in [-0.1, -0.05) is 12.1 Å². The Morgan fingerprint density at radius 1 is 1.23 bits per heavy atom. The maximum Gasteiger partial charge on any atom is 0.407 e. The van der Waals surface area contributed by atoms with Crippen LogP contribution in [0.5, 0.6) is 0 Å². The molecule has 3 fully saturated rings. The van der Waals surface area contributed by atoms with Crippen molar-refractivity contribution in [2.24, 2.45) is 13.0 Å². The average molecular weight is 489 g/mol. The van der Waals surface area contributed by atoms with Crippen LogP contribution < -0.4 is 11.0 Å². The van der Waals surface area contributed by atoms with Gasteiger partial charge < -0.3 is 14.7 Å². The number of hydrogen-bond donors (Lipinski definition) is 2. The van der Waals surface area contributed by atoms with E-state index in [1.807, 2.05) is 18.2 Å². The molecule has 35 heavy (non-hydrogen) atoms. The number of hydrogen-bond acceptors (Lipinski definition) is 5. The number of rotatable bonds is 5. The van der Waals surface area contributed by atoms with Crippen LogP contribution in [0.25, 0.3) is 11.0 Å². The second-order valence-corrected chi connectivity index (χ2v) is 9.83. The molecule has 1 aromatic carbocycles. The zero-order chi connectivity index (χ0) is 24.9. The molecule has 188 valence electrons. The highest BCUT2D eigenvalue weighted by molar-refractivity contribution is 6.00. The number of ether oxygens (including phenoxy) is 1. The molecule has 2 aliphatic heterocycles. The number of para-hydroxylation sites is 1. The number of nitrogens with one attached hydrogen (secondary N) is 1. The van der Waals surface area contributed by atoms with E-state index in [-0.39, 0.29) is 49.4 Å². The fraction of sp³-hybridized carbons (Fsp3) is 0.583. The smallest absolute Gasteiger partial charge is 0.407 e. The molecular formula is C24H29FN4O6. The Labute approximate surface area is 200 Å². The summed E-state index contributed by atoms with van der Waals surface area (Å²) in [5, 5.41) is 11.3. The van der Waals surface area contributed by atoms with E-state index in [1.165, 1.54) is 4.57 Å². The Bertz CT molecular complexity index is 1230. The summed E-state index contributed by atoms with van der Waals surface area (Å²) in [6.45, 7) is 0.530. The van der Waals surface area contributed by atoms with E-state index in [0.29, 0.717) is 18.5 Å². The van der Waals surface area contributed by atoms with Crippen molar-refractivity contribution in [2.75, 3.05) is 19.7 Å². The Kier molecular flexibility index (Phi) is 6.12. The lowest BCUT2D eigenvalue weighted by atomic mass is 9.71. The predicted octanol–water partition coefficient (Wildman–Crippen LogP) is 1.92. The first-order chi connectivity index (χ1) is 16.7. The SMILES string of the molecule is Cn1c(=O)n(C2CCC(=O)NC2=O)c2cccc(C3CC(CO[C@H]4CCN(C(=O)O)C[C@@H]4F)C3)c21. The second-order valence-electron chi connectivity index (χ2n) is 9.83. The molecule has 0 radical (unpaired) electrons. The van der Waals surface area contributed by atoms with Crippen molar-refractivity contribution in [2.45, 2.75) is 56.3 Å². The van der Waals surface area contributed by atoms with Gasteiger partial charge >= 0.3 is 11.8 Å². The van der Waals surface area contributed by atoms with Gasteiger partial charge in [0.15, 0.2) is 0 Å². The molecule has 10 nitrogen and oxygen atoms in total. The maximum atomic E-state index is 14.3. The Morgan fingerprint density at radius 2 is 2.00 bits per heavy atom. The molecule has 1 aliphatic carbocycles. The van der Waals surface area contributed by atoms with Gasteiger partial charge in [-0.3, -0.25) is 24.0 Å². The number of halogens is 1. The van der Waals surface area contributed by atoms with Gasteiger partial charge in [-0.2, -0.15) is 0 Å². The van der Waals surface area contributed by atoms with Crippen LogP contribution >= 0.6 is 0 Å². The van der Waals surface area contributed by atoms with Gasteiger partial charge in [-0.05, 0) is 49.1 Å². The highest BCUT2D eigenvalue weighted by atomic mass is 19.1. The molecule has 1 saturated carbocycles. The summed E-state index contributed by atoms with van der Waals surface area (Å²) in [5.41, 5.74) is 2.21. The summed E-state index contributed by atoms with van der Waals surface area (Å²) in [4.78, 5) is 49.2. The van der Waals surface area contributed by atoms with Gasteiger partial charge in [0.2, 0.25) is 11.8 Å². The molecule has 3 amide bonds. The summed E-state index contributed by atoms with van der Waals surface area (Å²) in [5.74, 6) is -0.309. The van der Waals surface area contributed by atoms with Crippen molar-refractivity contribution in [1.82, 2.24) is 19.4 Å². The van der Waals surface area contributed by atoms with Gasteiger partial charge in [-0.25, -0.2) is 14.0 Å². The number of carbonyl (C=O) groups is 3. The first-order valence-electron chi connectivity index (χ1n) is 12.0. The van der Waals surface area contributed by atoms with Gasteiger partial charge in [-0.15, -0.1) is 0 Å². The molecule has 3 atom stereocenters. The molecule has 3 heterocycles. The van der Waals surface area contributed by atoms with Crippen LogP contribution in [-0.2, 0) is 21.4 Å². The highest BCUT2D eigenvalue weighted by Crippen LogP contribution is 2.44. The van der Waals surface area contributed by atoms with Crippen LogP contribution in [-0.4, -0.2) is 69.0 Å². The molecule has 2 N–H and O–H groups in total. The highest BCUT2D eigenvalue weighted by Gasteiger charge is 2.37. The monoisotopic (exact) mass is 488 g/mol. The molecule has 5 rings (SSSR count). The standard InChI is InChI=1S/C24H29FN4O6/c1-27-21-15(3-2-4-17(21)29(23(27)32)18-5-6-20(30)26-22(18)31)14-9-13(10-14)12-35-19-7-8-28(24(33)34)11-16(19)25/h2-4,13-14,16,18-19H,5-12H2,1H3,(H,33,34)(H,26,30,31)/t13?,14?,16-,18?,19-/m0/s1. The zero-order valence-electron chi connectivity index (χ0n) is 19.5. The van der Waals surface area contributed by atoms with Crippen LogP contribution in [0.3, 0.4) is 0 Å².